The minimum Gasteiger partial charge on any atom is -0.454 e. The number of aromatic nitrogens is 1. The first-order valence-electron chi connectivity index (χ1n) is 4.26. The Hall–Kier alpha value is -0.840. The summed E-state index contributed by atoms with van der Waals surface area (Å²) >= 11 is 11.4. The van der Waals surface area contributed by atoms with Gasteiger partial charge in [0.05, 0.1) is 23.8 Å². The van der Waals surface area contributed by atoms with Crippen LogP contribution < -0.4 is 0 Å². The molecule has 0 radical (unpaired) electrons. The van der Waals surface area contributed by atoms with Crippen LogP contribution in [0.1, 0.15) is 10.4 Å². The molecule has 0 bridgehead atoms. The zero-order valence-corrected chi connectivity index (χ0v) is 9.09. The predicted octanol–water partition coefficient (Wildman–Crippen LogP) is 1.94. The van der Waals surface area contributed by atoms with Gasteiger partial charge in [0.25, 0.3) is 0 Å². The number of carbonyl (C=O) groups excluding carboxylic acids is 1. The molecule has 15 heavy (non-hydrogen) atoms. The third kappa shape index (κ3) is 2.40. The maximum Gasteiger partial charge on any atom is 0.340 e. The quantitative estimate of drug-likeness (QED) is 0.592. The molecule has 6 heteroatoms. The number of hydrogen-bond acceptors (Lipinski definition) is 4. The second-order valence-electron chi connectivity index (χ2n) is 3.05. The van der Waals surface area contributed by atoms with Crippen LogP contribution in [-0.2, 0) is 9.47 Å². The van der Waals surface area contributed by atoms with Gasteiger partial charge in [0.1, 0.15) is 11.3 Å². The molecule has 2 rings (SSSR count). The number of halogens is 2. The molecule has 0 saturated carbocycles. The van der Waals surface area contributed by atoms with Crippen LogP contribution in [0.2, 0.25) is 10.2 Å². The lowest BCUT2D eigenvalue weighted by atomic mass is 10.2. The first kappa shape index (κ1) is 10.7. The van der Waals surface area contributed by atoms with Gasteiger partial charge in [-0.1, -0.05) is 23.2 Å². The number of esters is 1. The van der Waals surface area contributed by atoms with Gasteiger partial charge in [-0.3, -0.25) is 0 Å². The summed E-state index contributed by atoms with van der Waals surface area (Å²) in [6, 6.07) is 1.38. The highest BCUT2D eigenvalue weighted by Gasteiger charge is 2.24. The van der Waals surface area contributed by atoms with Gasteiger partial charge in [0.2, 0.25) is 0 Å². The number of hydrogen-bond donors (Lipinski definition) is 0. The molecule has 1 saturated heterocycles. The normalized spacial score (nSPS) is 15.9. The molecule has 0 amide bonds. The van der Waals surface area contributed by atoms with Crippen LogP contribution in [-0.4, -0.2) is 30.3 Å². The molecule has 1 aromatic heterocycles. The Morgan fingerprint density at radius 2 is 2.27 bits per heavy atom. The number of rotatable bonds is 2. The highest BCUT2D eigenvalue weighted by atomic mass is 35.5. The smallest absolute Gasteiger partial charge is 0.340 e. The Morgan fingerprint density at radius 3 is 2.87 bits per heavy atom. The minimum atomic E-state index is -0.502. The molecule has 0 unspecified atom stereocenters. The van der Waals surface area contributed by atoms with Crippen molar-refractivity contribution in [2.24, 2.45) is 0 Å². The van der Waals surface area contributed by atoms with Crippen molar-refractivity contribution in [2.75, 3.05) is 13.2 Å². The lowest BCUT2D eigenvalue weighted by Gasteiger charge is -2.25. The van der Waals surface area contributed by atoms with E-state index in [-0.39, 0.29) is 21.8 Å². The van der Waals surface area contributed by atoms with Crippen molar-refractivity contribution in [3.8, 4) is 0 Å². The standard InChI is InChI=1S/C9H7Cl2NO3/c10-7-2-12-8(11)1-6(7)9(13)15-5-3-14-4-5/h1-2,5H,3-4H2. The summed E-state index contributed by atoms with van der Waals surface area (Å²) < 4.78 is 9.95. The Kier molecular flexibility index (Phi) is 3.09. The van der Waals surface area contributed by atoms with Crippen molar-refractivity contribution >= 4 is 29.2 Å². The van der Waals surface area contributed by atoms with E-state index in [4.69, 9.17) is 32.7 Å². The van der Waals surface area contributed by atoms with Gasteiger partial charge in [-0.05, 0) is 6.07 Å². The zero-order valence-electron chi connectivity index (χ0n) is 7.57. The van der Waals surface area contributed by atoms with E-state index in [1.165, 1.54) is 12.3 Å². The molecule has 4 nitrogen and oxygen atoms in total. The summed E-state index contributed by atoms with van der Waals surface area (Å²) in [6.07, 6.45) is 1.14. The maximum atomic E-state index is 11.6. The van der Waals surface area contributed by atoms with Gasteiger partial charge < -0.3 is 9.47 Å². The third-order valence-electron chi connectivity index (χ3n) is 1.92. The van der Waals surface area contributed by atoms with E-state index in [1.807, 2.05) is 0 Å². The van der Waals surface area contributed by atoms with E-state index in [0.29, 0.717) is 13.2 Å². The highest BCUT2D eigenvalue weighted by Crippen LogP contribution is 2.20. The second kappa shape index (κ2) is 4.35. The molecule has 1 aliphatic heterocycles. The van der Waals surface area contributed by atoms with Crippen LogP contribution in [0.3, 0.4) is 0 Å². The van der Waals surface area contributed by atoms with Crippen molar-refractivity contribution in [3.63, 3.8) is 0 Å². The Bertz CT molecular complexity index is 393. The van der Waals surface area contributed by atoms with Gasteiger partial charge in [-0.15, -0.1) is 0 Å². The Morgan fingerprint density at radius 1 is 1.53 bits per heavy atom. The van der Waals surface area contributed by atoms with Crippen LogP contribution in [0, 0.1) is 0 Å². The number of pyridine rings is 1. The molecule has 0 atom stereocenters. The average molecular weight is 248 g/mol. The molecule has 0 N–H and O–H groups in total. The zero-order chi connectivity index (χ0) is 10.8. The fourth-order valence-corrected chi connectivity index (χ4v) is 1.41. The van der Waals surface area contributed by atoms with Crippen LogP contribution >= 0.6 is 23.2 Å². The third-order valence-corrected chi connectivity index (χ3v) is 2.43. The summed E-state index contributed by atoms with van der Waals surface area (Å²) in [4.78, 5) is 15.3. The van der Waals surface area contributed by atoms with Crippen LogP contribution in [0.15, 0.2) is 12.3 Å². The van der Waals surface area contributed by atoms with Crippen molar-refractivity contribution < 1.29 is 14.3 Å². The van der Waals surface area contributed by atoms with E-state index in [2.05, 4.69) is 4.98 Å². The van der Waals surface area contributed by atoms with E-state index in [1.54, 1.807) is 0 Å². The first-order valence-corrected chi connectivity index (χ1v) is 5.02. The van der Waals surface area contributed by atoms with Crippen molar-refractivity contribution in [1.29, 1.82) is 0 Å². The Labute approximate surface area is 96.1 Å². The monoisotopic (exact) mass is 247 g/mol. The van der Waals surface area contributed by atoms with Gasteiger partial charge in [-0.2, -0.15) is 0 Å². The van der Waals surface area contributed by atoms with Crippen molar-refractivity contribution in [3.05, 3.63) is 28.0 Å². The summed E-state index contributed by atoms with van der Waals surface area (Å²) in [6.45, 7) is 0.865. The van der Waals surface area contributed by atoms with Gasteiger partial charge in [0.15, 0.2) is 0 Å². The first-order chi connectivity index (χ1) is 7.16. The predicted molar refractivity (Wildman–Crippen MR) is 54.3 cm³/mol. The molecule has 80 valence electrons. The van der Waals surface area contributed by atoms with E-state index < -0.39 is 5.97 Å². The van der Waals surface area contributed by atoms with Crippen LogP contribution in [0.5, 0.6) is 0 Å². The van der Waals surface area contributed by atoms with Gasteiger partial charge in [0, 0.05) is 6.20 Å². The molecular weight excluding hydrogens is 241 g/mol. The Balaban J connectivity index is 2.12. The fourth-order valence-electron chi connectivity index (χ4n) is 1.07. The topological polar surface area (TPSA) is 48.4 Å². The molecule has 0 aromatic carbocycles. The number of ether oxygens (including phenoxy) is 2. The van der Waals surface area contributed by atoms with E-state index >= 15 is 0 Å². The summed E-state index contributed by atoms with van der Waals surface area (Å²) in [5.41, 5.74) is 0.226. The second-order valence-corrected chi connectivity index (χ2v) is 3.85. The molecule has 2 heterocycles. The van der Waals surface area contributed by atoms with E-state index in [9.17, 15) is 4.79 Å². The van der Waals surface area contributed by atoms with Gasteiger partial charge >= 0.3 is 5.97 Å². The SMILES string of the molecule is O=C(OC1COC1)c1cc(Cl)ncc1Cl. The number of carbonyl (C=O) groups is 1. The molecule has 1 fully saturated rings. The summed E-state index contributed by atoms with van der Waals surface area (Å²) in [5, 5.41) is 0.431. The molecular formula is C9H7Cl2NO3. The van der Waals surface area contributed by atoms with Gasteiger partial charge in [-0.25, -0.2) is 9.78 Å². The van der Waals surface area contributed by atoms with E-state index in [0.717, 1.165) is 0 Å². The number of nitrogens with zero attached hydrogens (tertiary/aromatic N) is 1. The van der Waals surface area contributed by atoms with Crippen LogP contribution in [0.4, 0.5) is 0 Å². The minimum absolute atomic E-state index is 0.180. The lowest BCUT2D eigenvalue weighted by Crippen LogP contribution is -2.37. The molecule has 1 aromatic rings. The maximum absolute atomic E-state index is 11.6. The highest BCUT2D eigenvalue weighted by molar-refractivity contribution is 6.34. The summed E-state index contributed by atoms with van der Waals surface area (Å²) in [7, 11) is 0. The largest absolute Gasteiger partial charge is 0.454 e. The van der Waals surface area contributed by atoms with Crippen molar-refractivity contribution in [1.82, 2.24) is 4.98 Å². The van der Waals surface area contributed by atoms with Crippen molar-refractivity contribution in [2.45, 2.75) is 6.10 Å². The average Bonchev–Trinajstić information content (AvgIpc) is 2.15. The molecule has 0 aliphatic carbocycles. The summed E-state index contributed by atoms with van der Waals surface area (Å²) in [5.74, 6) is -0.502. The van der Waals surface area contributed by atoms with Crippen LogP contribution in [0.25, 0.3) is 0 Å². The molecule has 1 aliphatic rings. The fraction of sp³-hybridized carbons (Fsp3) is 0.333. The molecule has 0 spiro atoms. The lowest BCUT2D eigenvalue weighted by molar-refractivity contribution is -0.103.